The number of benzene rings is 3. The highest BCUT2D eigenvalue weighted by atomic mass is 35.5. The number of halogens is 1. The SMILES string of the molecule is O=C(Nc1cccc(Oc2ccc(Cl)cc2)c1)C1CCCN(C(=O)c2ccc(O)cc2)C1. The van der Waals surface area contributed by atoms with Crippen molar-refractivity contribution in [2.45, 2.75) is 12.8 Å². The number of likely N-dealkylation sites (tertiary alicyclic amines) is 1. The van der Waals surface area contributed by atoms with Gasteiger partial charge in [0.25, 0.3) is 5.91 Å². The maximum atomic E-state index is 12.9. The number of rotatable bonds is 5. The monoisotopic (exact) mass is 450 g/mol. The van der Waals surface area contributed by atoms with E-state index in [0.717, 1.165) is 6.42 Å². The van der Waals surface area contributed by atoms with E-state index in [1.807, 2.05) is 12.1 Å². The van der Waals surface area contributed by atoms with Crippen molar-refractivity contribution < 1.29 is 19.4 Å². The zero-order chi connectivity index (χ0) is 22.5. The number of aromatic hydroxyl groups is 1. The van der Waals surface area contributed by atoms with Crippen LogP contribution in [0.5, 0.6) is 17.2 Å². The van der Waals surface area contributed by atoms with Gasteiger partial charge in [0, 0.05) is 35.4 Å². The molecule has 0 spiro atoms. The number of hydrogen-bond acceptors (Lipinski definition) is 4. The molecule has 164 valence electrons. The molecule has 1 aliphatic rings. The molecule has 1 unspecified atom stereocenters. The predicted molar refractivity (Wildman–Crippen MR) is 123 cm³/mol. The molecule has 0 bridgehead atoms. The smallest absolute Gasteiger partial charge is 0.253 e. The summed E-state index contributed by atoms with van der Waals surface area (Å²) < 4.78 is 5.83. The number of hydrogen-bond donors (Lipinski definition) is 2. The fourth-order valence-electron chi connectivity index (χ4n) is 3.68. The van der Waals surface area contributed by atoms with E-state index in [1.165, 1.54) is 12.1 Å². The van der Waals surface area contributed by atoms with Gasteiger partial charge in [0.1, 0.15) is 17.2 Å². The van der Waals surface area contributed by atoms with E-state index in [2.05, 4.69) is 5.32 Å². The van der Waals surface area contributed by atoms with Crippen molar-refractivity contribution in [1.29, 1.82) is 0 Å². The first-order valence-electron chi connectivity index (χ1n) is 10.4. The fraction of sp³-hybridized carbons (Fsp3) is 0.200. The van der Waals surface area contributed by atoms with Gasteiger partial charge in [-0.05, 0) is 73.5 Å². The molecule has 1 aliphatic heterocycles. The number of nitrogens with one attached hydrogen (secondary N) is 1. The molecule has 1 fully saturated rings. The molecule has 1 atom stereocenters. The van der Waals surface area contributed by atoms with E-state index >= 15 is 0 Å². The van der Waals surface area contributed by atoms with Crippen molar-refractivity contribution in [2.75, 3.05) is 18.4 Å². The van der Waals surface area contributed by atoms with Crippen LogP contribution in [0.3, 0.4) is 0 Å². The van der Waals surface area contributed by atoms with Gasteiger partial charge in [0.15, 0.2) is 0 Å². The molecule has 7 heteroatoms. The summed E-state index contributed by atoms with van der Waals surface area (Å²) in [7, 11) is 0. The molecule has 1 saturated heterocycles. The summed E-state index contributed by atoms with van der Waals surface area (Å²) in [5.74, 6) is 0.787. The standard InChI is InChI=1S/C25H23ClN2O4/c26-19-8-12-22(13-9-19)32-23-5-1-4-20(15-23)27-24(30)18-3-2-14-28(16-18)25(31)17-6-10-21(29)11-7-17/h1,4-13,15,18,29H,2-3,14,16H2,(H,27,30). The van der Waals surface area contributed by atoms with Crippen molar-refractivity contribution in [3.8, 4) is 17.2 Å². The quantitative estimate of drug-likeness (QED) is 0.550. The normalized spacial score (nSPS) is 15.8. The van der Waals surface area contributed by atoms with Crippen LogP contribution in [0.2, 0.25) is 5.02 Å². The van der Waals surface area contributed by atoms with E-state index in [4.69, 9.17) is 16.3 Å². The van der Waals surface area contributed by atoms with E-state index in [0.29, 0.717) is 47.3 Å². The second-order valence-corrected chi connectivity index (χ2v) is 8.15. The summed E-state index contributed by atoms with van der Waals surface area (Å²) in [5, 5.41) is 13.0. The molecule has 3 aromatic rings. The summed E-state index contributed by atoms with van der Waals surface area (Å²) in [6.45, 7) is 0.959. The topological polar surface area (TPSA) is 78.9 Å². The summed E-state index contributed by atoms with van der Waals surface area (Å²) in [6.07, 6.45) is 1.47. The van der Waals surface area contributed by atoms with Crippen molar-refractivity contribution in [3.63, 3.8) is 0 Å². The number of nitrogens with zero attached hydrogens (tertiary/aromatic N) is 1. The average molecular weight is 451 g/mol. The Morgan fingerprint density at radius 1 is 1.00 bits per heavy atom. The highest BCUT2D eigenvalue weighted by Gasteiger charge is 2.29. The van der Waals surface area contributed by atoms with E-state index in [-0.39, 0.29) is 23.5 Å². The molecule has 3 aromatic carbocycles. The second kappa shape index (κ2) is 9.75. The van der Waals surface area contributed by atoms with Gasteiger partial charge in [-0.3, -0.25) is 9.59 Å². The van der Waals surface area contributed by atoms with Crippen LogP contribution >= 0.6 is 11.6 Å². The molecule has 6 nitrogen and oxygen atoms in total. The van der Waals surface area contributed by atoms with Crippen LogP contribution in [0.15, 0.2) is 72.8 Å². The van der Waals surface area contributed by atoms with Crippen LogP contribution in [0.1, 0.15) is 23.2 Å². The molecule has 4 rings (SSSR count). The second-order valence-electron chi connectivity index (χ2n) is 7.71. The number of anilines is 1. The zero-order valence-corrected chi connectivity index (χ0v) is 18.1. The first kappa shape index (κ1) is 21.7. The number of carbonyl (C=O) groups is 2. The van der Waals surface area contributed by atoms with Gasteiger partial charge in [-0.2, -0.15) is 0 Å². The molecule has 0 radical (unpaired) electrons. The lowest BCUT2D eigenvalue weighted by molar-refractivity contribution is -0.121. The van der Waals surface area contributed by atoms with Crippen LogP contribution in [-0.4, -0.2) is 34.9 Å². The van der Waals surface area contributed by atoms with E-state index in [9.17, 15) is 14.7 Å². The summed E-state index contributed by atoms with van der Waals surface area (Å²) in [5.41, 5.74) is 1.12. The molecule has 2 N–H and O–H groups in total. The number of ether oxygens (including phenoxy) is 1. The van der Waals surface area contributed by atoms with Crippen molar-refractivity contribution in [1.82, 2.24) is 4.90 Å². The minimum absolute atomic E-state index is 0.111. The molecule has 0 aromatic heterocycles. The largest absolute Gasteiger partial charge is 0.508 e. The molecule has 0 aliphatic carbocycles. The molecule has 1 heterocycles. The Kier molecular flexibility index (Phi) is 6.61. The first-order chi connectivity index (χ1) is 15.5. The minimum atomic E-state index is -0.300. The Bertz CT molecular complexity index is 1100. The number of phenols is 1. The minimum Gasteiger partial charge on any atom is -0.508 e. The third-order valence-corrected chi connectivity index (χ3v) is 5.60. The van der Waals surface area contributed by atoms with Crippen LogP contribution in [0.4, 0.5) is 5.69 Å². The number of piperidine rings is 1. The van der Waals surface area contributed by atoms with Crippen molar-refractivity contribution >= 4 is 29.1 Å². The Morgan fingerprint density at radius 3 is 2.50 bits per heavy atom. The van der Waals surface area contributed by atoms with E-state index in [1.54, 1.807) is 53.4 Å². The molecule has 0 saturated carbocycles. The predicted octanol–water partition coefficient (Wildman–Crippen LogP) is 5.33. The van der Waals surface area contributed by atoms with Gasteiger partial charge in [-0.25, -0.2) is 0 Å². The average Bonchev–Trinajstić information content (AvgIpc) is 2.81. The van der Waals surface area contributed by atoms with Gasteiger partial charge in [0.2, 0.25) is 5.91 Å². The zero-order valence-electron chi connectivity index (χ0n) is 17.3. The van der Waals surface area contributed by atoms with Gasteiger partial charge >= 0.3 is 0 Å². The highest BCUT2D eigenvalue weighted by Crippen LogP contribution is 2.26. The molecular weight excluding hydrogens is 428 g/mol. The molecular formula is C25H23ClN2O4. The van der Waals surface area contributed by atoms with E-state index < -0.39 is 0 Å². The molecule has 32 heavy (non-hydrogen) atoms. The fourth-order valence-corrected chi connectivity index (χ4v) is 3.81. The Morgan fingerprint density at radius 2 is 1.75 bits per heavy atom. The van der Waals surface area contributed by atoms with Crippen molar-refractivity contribution in [2.24, 2.45) is 5.92 Å². The van der Waals surface area contributed by atoms with Gasteiger partial charge in [-0.15, -0.1) is 0 Å². The maximum absolute atomic E-state index is 12.9. The van der Waals surface area contributed by atoms with Crippen LogP contribution in [-0.2, 0) is 4.79 Å². The van der Waals surface area contributed by atoms with Crippen molar-refractivity contribution in [3.05, 3.63) is 83.4 Å². The number of phenolic OH excluding ortho intramolecular Hbond substituents is 1. The first-order valence-corrected chi connectivity index (χ1v) is 10.8. The lowest BCUT2D eigenvalue weighted by atomic mass is 9.96. The number of amides is 2. The van der Waals surface area contributed by atoms with Gasteiger partial charge in [0.05, 0.1) is 5.92 Å². The summed E-state index contributed by atoms with van der Waals surface area (Å²) >= 11 is 5.90. The third-order valence-electron chi connectivity index (χ3n) is 5.34. The Labute approximate surface area is 191 Å². The summed E-state index contributed by atoms with van der Waals surface area (Å²) in [6, 6.07) is 20.4. The molecule has 2 amide bonds. The number of carbonyl (C=O) groups excluding carboxylic acids is 2. The van der Waals surface area contributed by atoms with Gasteiger partial charge in [-0.1, -0.05) is 17.7 Å². The third kappa shape index (κ3) is 5.39. The van der Waals surface area contributed by atoms with Gasteiger partial charge < -0.3 is 20.1 Å². The highest BCUT2D eigenvalue weighted by molar-refractivity contribution is 6.30. The lowest BCUT2D eigenvalue weighted by Crippen LogP contribution is -2.43. The van der Waals surface area contributed by atoms with Crippen LogP contribution in [0, 0.1) is 5.92 Å². The van der Waals surface area contributed by atoms with Crippen LogP contribution in [0.25, 0.3) is 0 Å². The Hall–Kier alpha value is -3.51. The maximum Gasteiger partial charge on any atom is 0.253 e. The van der Waals surface area contributed by atoms with Crippen LogP contribution < -0.4 is 10.1 Å². The Balaban J connectivity index is 1.38. The lowest BCUT2D eigenvalue weighted by Gasteiger charge is -2.32. The summed E-state index contributed by atoms with van der Waals surface area (Å²) in [4.78, 5) is 27.3.